The van der Waals surface area contributed by atoms with E-state index in [0.29, 0.717) is 37.4 Å². The van der Waals surface area contributed by atoms with Crippen LogP contribution in [0.1, 0.15) is 10.4 Å². The molecule has 3 heterocycles. The van der Waals surface area contributed by atoms with Gasteiger partial charge in [0.1, 0.15) is 18.0 Å². The summed E-state index contributed by atoms with van der Waals surface area (Å²) in [5.41, 5.74) is 2.02. The first-order valence-electron chi connectivity index (χ1n) is 9.17. The van der Waals surface area contributed by atoms with Gasteiger partial charge in [-0.15, -0.1) is 0 Å². The molecule has 144 valence electrons. The number of carbonyl (C=O) groups excluding carboxylic acids is 1. The van der Waals surface area contributed by atoms with E-state index in [4.69, 9.17) is 4.74 Å². The van der Waals surface area contributed by atoms with Crippen LogP contribution in [0.3, 0.4) is 0 Å². The zero-order valence-corrected chi connectivity index (χ0v) is 15.3. The fraction of sp³-hybridized carbons (Fsp3) is 0.316. The Bertz CT molecular complexity index is 960. The Labute approximate surface area is 162 Å². The number of carbonyl (C=O) groups is 1. The zero-order valence-electron chi connectivity index (χ0n) is 15.3. The molecule has 0 atom stereocenters. The van der Waals surface area contributed by atoms with Crippen LogP contribution >= 0.6 is 0 Å². The molecule has 1 amide bonds. The van der Waals surface area contributed by atoms with Crippen molar-refractivity contribution in [3.05, 3.63) is 48.5 Å². The second-order valence-electron chi connectivity index (χ2n) is 6.30. The second kappa shape index (κ2) is 8.57. The van der Waals surface area contributed by atoms with E-state index in [1.165, 1.54) is 0 Å². The highest BCUT2D eigenvalue weighted by atomic mass is 16.5. The fourth-order valence-electron chi connectivity index (χ4n) is 2.98. The molecule has 28 heavy (non-hydrogen) atoms. The monoisotopic (exact) mass is 379 g/mol. The predicted octanol–water partition coefficient (Wildman–Crippen LogP) is 1.10. The van der Waals surface area contributed by atoms with E-state index in [0.717, 1.165) is 30.2 Å². The molecular formula is C19H21N7O2. The van der Waals surface area contributed by atoms with Gasteiger partial charge in [-0.3, -0.25) is 14.8 Å². The number of benzene rings is 1. The first-order valence-corrected chi connectivity index (χ1v) is 9.17. The predicted molar refractivity (Wildman–Crippen MR) is 105 cm³/mol. The summed E-state index contributed by atoms with van der Waals surface area (Å²) in [5.74, 6) is 1.46. The summed E-state index contributed by atoms with van der Waals surface area (Å²) in [7, 11) is 0. The number of hydrogen-bond donors (Lipinski definition) is 2. The Morgan fingerprint density at radius 3 is 2.68 bits per heavy atom. The Morgan fingerprint density at radius 1 is 1.00 bits per heavy atom. The number of hydrogen-bond acceptors (Lipinski definition) is 8. The Balaban J connectivity index is 1.28. The molecule has 4 rings (SSSR count). The van der Waals surface area contributed by atoms with Crippen molar-refractivity contribution in [1.82, 2.24) is 25.3 Å². The van der Waals surface area contributed by atoms with Crippen LogP contribution in [0.2, 0.25) is 0 Å². The largest absolute Gasteiger partial charge is 0.378 e. The number of aromatic nitrogens is 4. The van der Waals surface area contributed by atoms with E-state index in [9.17, 15) is 4.79 Å². The van der Waals surface area contributed by atoms with Crippen molar-refractivity contribution in [2.24, 2.45) is 0 Å². The average Bonchev–Trinajstić information content (AvgIpc) is 2.77. The van der Waals surface area contributed by atoms with Crippen LogP contribution < -0.4 is 15.5 Å². The quantitative estimate of drug-likeness (QED) is 0.614. The molecule has 0 aliphatic carbocycles. The highest BCUT2D eigenvalue weighted by Gasteiger charge is 2.13. The highest BCUT2D eigenvalue weighted by molar-refractivity contribution is 5.97. The van der Waals surface area contributed by atoms with Crippen molar-refractivity contribution >= 4 is 28.6 Å². The van der Waals surface area contributed by atoms with Crippen LogP contribution in [0.25, 0.3) is 11.0 Å². The number of amides is 1. The highest BCUT2D eigenvalue weighted by Crippen LogP contribution is 2.15. The van der Waals surface area contributed by atoms with Gasteiger partial charge in [-0.2, -0.15) is 0 Å². The van der Waals surface area contributed by atoms with Gasteiger partial charge in [-0.1, -0.05) is 0 Å². The number of nitrogens with zero attached hydrogens (tertiary/aromatic N) is 5. The minimum atomic E-state index is -0.147. The lowest BCUT2D eigenvalue weighted by Gasteiger charge is -2.27. The van der Waals surface area contributed by atoms with Crippen LogP contribution in [0.4, 0.5) is 11.6 Å². The minimum absolute atomic E-state index is 0.147. The van der Waals surface area contributed by atoms with E-state index in [-0.39, 0.29) is 5.91 Å². The van der Waals surface area contributed by atoms with Crippen LogP contribution in [0.15, 0.2) is 43.0 Å². The standard InChI is InChI=1S/C19H21N7O2/c27-19(14-1-2-15-16(11-14)21-4-3-20-15)23-6-5-22-17-12-18(25-13-24-17)26-7-9-28-10-8-26/h1-4,11-13H,5-10H2,(H,23,27)(H,22,24,25). The Morgan fingerprint density at radius 2 is 1.82 bits per heavy atom. The van der Waals surface area contributed by atoms with Gasteiger partial charge in [0.15, 0.2) is 0 Å². The Hall–Kier alpha value is -3.33. The van der Waals surface area contributed by atoms with Crippen molar-refractivity contribution < 1.29 is 9.53 Å². The lowest BCUT2D eigenvalue weighted by atomic mass is 10.2. The van der Waals surface area contributed by atoms with Gasteiger partial charge >= 0.3 is 0 Å². The van der Waals surface area contributed by atoms with Crippen molar-refractivity contribution in [3.63, 3.8) is 0 Å². The van der Waals surface area contributed by atoms with Gasteiger partial charge in [0, 0.05) is 50.2 Å². The molecule has 2 N–H and O–H groups in total. The molecular weight excluding hydrogens is 358 g/mol. The summed E-state index contributed by atoms with van der Waals surface area (Å²) in [4.78, 5) is 31.5. The summed E-state index contributed by atoms with van der Waals surface area (Å²) in [6.45, 7) is 4.08. The average molecular weight is 379 g/mol. The van der Waals surface area contributed by atoms with Crippen molar-refractivity contribution in [3.8, 4) is 0 Å². The summed E-state index contributed by atoms with van der Waals surface area (Å²) < 4.78 is 5.37. The Kier molecular flexibility index (Phi) is 5.53. The van der Waals surface area contributed by atoms with Gasteiger partial charge in [-0.25, -0.2) is 9.97 Å². The molecule has 1 aliphatic heterocycles. The first-order chi connectivity index (χ1) is 13.8. The maximum atomic E-state index is 12.3. The number of fused-ring (bicyclic) bond motifs is 1. The molecule has 1 aliphatic rings. The second-order valence-corrected chi connectivity index (χ2v) is 6.30. The number of morpholine rings is 1. The van der Waals surface area contributed by atoms with Crippen LogP contribution in [-0.2, 0) is 4.74 Å². The molecule has 2 aromatic heterocycles. The molecule has 1 aromatic carbocycles. The summed E-state index contributed by atoms with van der Waals surface area (Å²) in [6, 6.07) is 7.20. The molecule has 0 bridgehead atoms. The maximum Gasteiger partial charge on any atom is 0.251 e. The smallest absolute Gasteiger partial charge is 0.251 e. The normalized spacial score (nSPS) is 14.1. The molecule has 0 spiro atoms. The number of ether oxygens (including phenoxy) is 1. The molecule has 0 unspecified atom stereocenters. The summed E-state index contributed by atoms with van der Waals surface area (Å²) in [5, 5.41) is 6.11. The molecule has 3 aromatic rings. The van der Waals surface area contributed by atoms with Crippen molar-refractivity contribution in [1.29, 1.82) is 0 Å². The molecule has 9 nitrogen and oxygen atoms in total. The molecule has 1 fully saturated rings. The molecule has 0 radical (unpaired) electrons. The van der Waals surface area contributed by atoms with Gasteiger partial charge in [0.2, 0.25) is 0 Å². The van der Waals surface area contributed by atoms with E-state index < -0.39 is 0 Å². The minimum Gasteiger partial charge on any atom is -0.378 e. The SMILES string of the molecule is O=C(NCCNc1cc(N2CCOCC2)ncn1)c1ccc2nccnc2c1. The third kappa shape index (κ3) is 4.32. The molecule has 1 saturated heterocycles. The third-order valence-corrected chi connectivity index (χ3v) is 4.44. The summed E-state index contributed by atoms with van der Waals surface area (Å²) >= 11 is 0. The molecule has 0 saturated carbocycles. The summed E-state index contributed by atoms with van der Waals surface area (Å²) in [6.07, 6.45) is 4.79. The number of rotatable bonds is 6. The maximum absolute atomic E-state index is 12.3. The van der Waals surface area contributed by atoms with Gasteiger partial charge in [0.25, 0.3) is 5.91 Å². The fourth-order valence-corrected chi connectivity index (χ4v) is 2.98. The van der Waals surface area contributed by atoms with Gasteiger partial charge in [0.05, 0.1) is 24.2 Å². The van der Waals surface area contributed by atoms with E-state index in [1.54, 1.807) is 36.9 Å². The topological polar surface area (TPSA) is 105 Å². The van der Waals surface area contributed by atoms with Crippen molar-refractivity contribution in [2.45, 2.75) is 0 Å². The van der Waals surface area contributed by atoms with Crippen molar-refractivity contribution in [2.75, 3.05) is 49.6 Å². The first kappa shape index (κ1) is 18.1. The van der Waals surface area contributed by atoms with Gasteiger partial charge in [-0.05, 0) is 18.2 Å². The number of anilines is 2. The van der Waals surface area contributed by atoms with Crippen LogP contribution in [0, 0.1) is 0 Å². The van der Waals surface area contributed by atoms with E-state index in [2.05, 4.69) is 35.5 Å². The van der Waals surface area contributed by atoms with Crippen LogP contribution in [0.5, 0.6) is 0 Å². The van der Waals surface area contributed by atoms with E-state index >= 15 is 0 Å². The molecule has 9 heteroatoms. The van der Waals surface area contributed by atoms with Gasteiger partial charge < -0.3 is 20.3 Å². The zero-order chi connectivity index (χ0) is 19.2. The third-order valence-electron chi connectivity index (χ3n) is 4.44. The lowest BCUT2D eigenvalue weighted by molar-refractivity contribution is 0.0955. The lowest BCUT2D eigenvalue weighted by Crippen LogP contribution is -2.36. The number of nitrogens with one attached hydrogen (secondary N) is 2. The van der Waals surface area contributed by atoms with Crippen LogP contribution in [-0.4, -0.2) is 65.2 Å². The van der Waals surface area contributed by atoms with E-state index in [1.807, 2.05) is 6.07 Å².